The molecule has 44 heavy (non-hydrogen) atoms. The van der Waals surface area contributed by atoms with Gasteiger partial charge in [0.2, 0.25) is 0 Å². The SMILES string of the molecule is CCCC(=O)OCCCOc1ccc(C(=O)Oc2ccc(OC(=O)c3ccc(CCCOC(=O)CCC)cc3)cc2C)cc1. The van der Waals surface area contributed by atoms with E-state index in [1.807, 2.05) is 26.0 Å². The summed E-state index contributed by atoms with van der Waals surface area (Å²) in [6, 6.07) is 18.4. The van der Waals surface area contributed by atoms with E-state index in [2.05, 4.69) is 0 Å². The molecule has 0 saturated heterocycles. The Kier molecular flexibility index (Phi) is 13.9. The molecule has 0 fully saturated rings. The minimum atomic E-state index is -0.536. The molecule has 9 heteroatoms. The molecule has 0 atom stereocenters. The van der Waals surface area contributed by atoms with E-state index >= 15 is 0 Å². The molecule has 0 saturated carbocycles. The third-order valence-corrected chi connectivity index (χ3v) is 6.44. The lowest BCUT2D eigenvalue weighted by Gasteiger charge is -2.11. The van der Waals surface area contributed by atoms with Crippen LogP contribution >= 0.6 is 0 Å². The van der Waals surface area contributed by atoms with E-state index < -0.39 is 11.9 Å². The van der Waals surface area contributed by atoms with Gasteiger partial charge >= 0.3 is 23.9 Å². The van der Waals surface area contributed by atoms with Gasteiger partial charge in [0.1, 0.15) is 17.2 Å². The molecular weight excluding hydrogens is 564 g/mol. The summed E-state index contributed by atoms with van der Waals surface area (Å²) in [7, 11) is 0. The van der Waals surface area contributed by atoms with Crippen LogP contribution in [-0.4, -0.2) is 43.7 Å². The first-order chi connectivity index (χ1) is 21.3. The highest BCUT2D eigenvalue weighted by atomic mass is 16.5. The summed E-state index contributed by atoms with van der Waals surface area (Å²) in [5, 5.41) is 0. The molecule has 9 nitrogen and oxygen atoms in total. The molecule has 0 amide bonds. The van der Waals surface area contributed by atoms with Gasteiger partial charge in [0, 0.05) is 19.3 Å². The smallest absolute Gasteiger partial charge is 0.343 e. The van der Waals surface area contributed by atoms with Crippen molar-refractivity contribution in [2.75, 3.05) is 19.8 Å². The zero-order valence-electron chi connectivity index (χ0n) is 25.6. The first-order valence-corrected chi connectivity index (χ1v) is 15.0. The molecule has 3 rings (SSSR count). The molecule has 0 aromatic heterocycles. The summed E-state index contributed by atoms with van der Waals surface area (Å²) in [6.45, 7) is 6.66. The molecule has 234 valence electrons. The Morgan fingerprint density at radius 3 is 1.75 bits per heavy atom. The van der Waals surface area contributed by atoms with Gasteiger partial charge in [0.05, 0.1) is 30.9 Å². The molecule has 0 radical (unpaired) electrons. The maximum absolute atomic E-state index is 12.7. The van der Waals surface area contributed by atoms with Crippen molar-refractivity contribution in [2.24, 2.45) is 0 Å². The number of ether oxygens (including phenoxy) is 5. The number of carbonyl (C=O) groups excluding carboxylic acids is 4. The number of hydrogen-bond donors (Lipinski definition) is 0. The molecule has 0 heterocycles. The molecule has 3 aromatic rings. The summed E-state index contributed by atoms with van der Waals surface area (Å²) in [6.07, 6.45) is 4.36. The van der Waals surface area contributed by atoms with Crippen LogP contribution in [0, 0.1) is 6.92 Å². The van der Waals surface area contributed by atoms with Crippen molar-refractivity contribution in [2.45, 2.75) is 65.7 Å². The van der Waals surface area contributed by atoms with Gasteiger partial charge in [-0.05, 0) is 98.3 Å². The Morgan fingerprint density at radius 2 is 1.16 bits per heavy atom. The van der Waals surface area contributed by atoms with Crippen LogP contribution in [0.4, 0.5) is 0 Å². The van der Waals surface area contributed by atoms with Crippen molar-refractivity contribution in [1.82, 2.24) is 0 Å². The van der Waals surface area contributed by atoms with Crippen LogP contribution in [0.3, 0.4) is 0 Å². The van der Waals surface area contributed by atoms with Crippen LogP contribution in [0.5, 0.6) is 17.2 Å². The zero-order valence-corrected chi connectivity index (χ0v) is 25.6. The minimum Gasteiger partial charge on any atom is -0.493 e. The highest BCUT2D eigenvalue weighted by Crippen LogP contribution is 2.25. The van der Waals surface area contributed by atoms with Crippen LogP contribution < -0.4 is 14.2 Å². The van der Waals surface area contributed by atoms with Crippen LogP contribution in [0.2, 0.25) is 0 Å². The van der Waals surface area contributed by atoms with Gasteiger partial charge in [-0.25, -0.2) is 9.59 Å². The van der Waals surface area contributed by atoms with E-state index in [0.29, 0.717) is 79.4 Å². The van der Waals surface area contributed by atoms with E-state index in [4.69, 9.17) is 23.7 Å². The van der Waals surface area contributed by atoms with E-state index in [0.717, 1.165) is 24.8 Å². The first kappa shape index (κ1) is 33.8. The van der Waals surface area contributed by atoms with E-state index in [1.54, 1.807) is 61.5 Å². The molecule has 0 unspecified atom stereocenters. The highest BCUT2D eigenvalue weighted by molar-refractivity contribution is 5.92. The Hall–Kier alpha value is -4.66. The lowest BCUT2D eigenvalue weighted by atomic mass is 10.1. The first-order valence-electron chi connectivity index (χ1n) is 15.0. The number of rotatable bonds is 17. The van der Waals surface area contributed by atoms with Gasteiger partial charge in [-0.3, -0.25) is 9.59 Å². The molecule has 0 aliphatic rings. The predicted octanol–water partition coefficient (Wildman–Crippen LogP) is 6.82. The monoisotopic (exact) mass is 604 g/mol. The number of carbonyl (C=O) groups is 4. The fourth-order valence-corrected chi connectivity index (χ4v) is 4.07. The Bertz CT molecular complexity index is 1380. The molecular formula is C35H40O9. The van der Waals surface area contributed by atoms with Crippen molar-refractivity contribution in [3.8, 4) is 17.2 Å². The van der Waals surface area contributed by atoms with E-state index in [1.165, 1.54) is 0 Å². The second-order valence-electron chi connectivity index (χ2n) is 10.2. The van der Waals surface area contributed by atoms with Gasteiger partial charge in [-0.1, -0.05) is 26.0 Å². The van der Waals surface area contributed by atoms with Gasteiger partial charge in [0.15, 0.2) is 0 Å². The van der Waals surface area contributed by atoms with E-state index in [9.17, 15) is 19.2 Å². The van der Waals surface area contributed by atoms with Crippen LogP contribution in [0.25, 0.3) is 0 Å². The quantitative estimate of drug-likeness (QED) is 0.0930. The van der Waals surface area contributed by atoms with Crippen molar-refractivity contribution in [1.29, 1.82) is 0 Å². The number of esters is 4. The maximum Gasteiger partial charge on any atom is 0.343 e. The largest absolute Gasteiger partial charge is 0.493 e. The molecule has 3 aromatic carbocycles. The van der Waals surface area contributed by atoms with Crippen molar-refractivity contribution < 1.29 is 42.9 Å². The van der Waals surface area contributed by atoms with Crippen molar-refractivity contribution in [3.05, 3.63) is 89.0 Å². The average molecular weight is 605 g/mol. The third kappa shape index (κ3) is 11.6. The summed E-state index contributed by atoms with van der Waals surface area (Å²) in [5.41, 5.74) is 2.40. The summed E-state index contributed by atoms with van der Waals surface area (Å²) in [5.74, 6) is -0.172. The van der Waals surface area contributed by atoms with Crippen LogP contribution in [-0.2, 0) is 25.5 Å². The fraction of sp³-hybridized carbons (Fsp3) is 0.371. The molecule has 0 aliphatic carbocycles. The highest BCUT2D eigenvalue weighted by Gasteiger charge is 2.14. The van der Waals surface area contributed by atoms with Crippen LogP contribution in [0.1, 0.15) is 84.2 Å². The van der Waals surface area contributed by atoms with Crippen molar-refractivity contribution in [3.63, 3.8) is 0 Å². The van der Waals surface area contributed by atoms with Crippen molar-refractivity contribution >= 4 is 23.9 Å². The topological polar surface area (TPSA) is 114 Å². The molecule has 0 N–H and O–H groups in total. The van der Waals surface area contributed by atoms with Gasteiger partial charge in [-0.2, -0.15) is 0 Å². The molecule has 0 aliphatic heterocycles. The second kappa shape index (κ2) is 18.1. The fourth-order valence-electron chi connectivity index (χ4n) is 4.07. The lowest BCUT2D eigenvalue weighted by Crippen LogP contribution is -2.11. The van der Waals surface area contributed by atoms with Gasteiger partial charge in [0.25, 0.3) is 0 Å². The van der Waals surface area contributed by atoms with Gasteiger partial charge < -0.3 is 23.7 Å². The molecule has 0 bridgehead atoms. The minimum absolute atomic E-state index is 0.180. The zero-order chi connectivity index (χ0) is 31.7. The Balaban J connectivity index is 1.44. The standard InChI is InChI=1S/C35H40O9/c1-4-8-32(36)41-21-6-10-26-11-13-27(14-12-26)34(38)43-30-19-20-31(25(3)24-30)44-35(39)28-15-17-29(18-16-28)40-22-7-23-42-33(37)9-5-2/h11-20,24H,4-10,21-23H2,1-3H3. The average Bonchev–Trinajstić information content (AvgIpc) is 3.01. The predicted molar refractivity (Wildman–Crippen MR) is 164 cm³/mol. The maximum atomic E-state index is 12.7. The summed E-state index contributed by atoms with van der Waals surface area (Å²) < 4.78 is 27.0. The number of benzene rings is 3. The molecule has 0 spiro atoms. The summed E-state index contributed by atoms with van der Waals surface area (Å²) in [4.78, 5) is 48.2. The third-order valence-electron chi connectivity index (χ3n) is 6.44. The van der Waals surface area contributed by atoms with Crippen LogP contribution in [0.15, 0.2) is 66.7 Å². The number of hydrogen-bond acceptors (Lipinski definition) is 9. The normalized spacial score (nSPS) is 10.5. The van der Waals surface area contributed by atoms with Gasteiger partial charge in [-0.15, -0.1) is 0 Å². The lowest BCUT2D eigenvalue weighted by molar-refractivity contribution is -0.144. The summed E-state index contributed by atoms with van der Waals surface area (Å²) >= 11 is 0. The Labute approximate surface area is 258 Å². The second-order valence-corrected chi connectivity index (χ2v) is 10.2. The number of aryl methyl sites for hydroxylation is 2. The van der Waals surface area contributed by atoms with E-state index in [-0.39, 0.29) is 11.9 Å². The Morgan fingerprint density at radius 1 is 0.614 bits per heavy atom.